The molecule has 13 heteroatoms. The SMILES string of the molecule is CC(C)Nc1cc(-c2ccc(OC(F)F)cc2C(=O)N2CC(F)C2)cc(NC(=O)c2cc(CN[C@@H](C)C3CCC3)cn(C)c2=O)n1. The smallest absolute Gasteiger partial charge is 0.387 e. The highest BCUT2D eigenvalue weighted by Crippen LogP contribution is 2.33. The number of aryl methyl sites for hydroxylation is 1. The molecule has 1 aliphatic carbocycles. The summed E-state index contributed by atoms with van der Waals surface area (Å²) in [5, 5.41) is 9.39. The Morgan fingerprint density at radius 3 is 2.39 bits per heavy atom. The number of hydrogen-bond acceptors (Lipinski definition) is 7. The van der Waals surface area contributed by atoms with E-state index >= 15 is 0 Å². The lowest BCUT2D eigenvalue weighted by Gasteiger charge is -2.34. The van der Waals surface area contributed by atoms with Gasteiger partial charge in [0.05, 0.1) is 18.7 Å². The molecule has 10 nitrogen and oxygen atoms in total. The van der Waals surface area contributed by atoms with Crippen molar-refractivity contribution in [2.75, 3.05) is 23.7 Å². The first-order valence-electron chi connectivity index (χ1n) is 15.4. The molecule has 0 radical (unpaired) electrons. The Hall–Kier alpha value is -4.39. The number of rotatable bonds is 12. The van der Waals surface area contributed by atoms with Crippen molar-refractivity contribution in [2.24, 2.45) is 13.0 Å². The van der Waals surface area contributed by atoms with Gasteiger partial charge in [-0.2, -0.15) is 8.78 Å². The minimum Gasteiger partial charge on any atom is -0.435 e. The predicted molar refractivity (Wildman–Crippen MR) is 169 cm³/mol. The van der Waals surface area contributed by atoms with Gasteiger partial charge in [-0.15, -0.1) is 0 Å². The Morgan fingerprint density at radius 1 is 1.04 bits per heavy atom. The fourth-order valence-electron chi connectivity index (χ4n) is 5.62. The third-order valence-electron chi connectivity index (χ3n) is 8.35. The van der Waals surface area contributed by atoms with E-state index in [2.05, 4.69) is 32.6 Å². The van der Waals surface area contributed by atoms with Crippen LogP contribution in [-0.4, -0.2) is 64.2 Å². The molecule has 246 valence electrons. The highest BCUT2D eigenvalue weighted by molar-refractivity contribution is 6.05. The molecule has 3 heterocycles. The van der Waals surface area contributed by atoms with E-state index in [1.807, 2.05) is 13.8 Å². The number of pyridine rings is 2. The van der Waals surface area contributed by atoms with Gasteiger partial charge in [-0.3, -0.25) is 14.4 Å². The lowest BCUT2D eigenvalue weighted by atomic mass is 9.80. The number of amides is 2. The number of anilines is 2. The van der Waals surface area contributed by atoms with Crippen molar-refractivity contribution in [1.82, 2.24) is 19.8 Å². The third kappa shape index (κ3) is 7.69. The predicted octanol–water partition coefficient (Wildman–Crippen LogP) is 5.19. The summed E-state index contributed by atoms with van der Waals surface area (Å²) in [6, 6.07) is 8.94. The standard InChI is InChI=1S/C33H39F3N6O4/c1-18(2)38-28-11-22(25-9-8-24(46-33(35)36)13-26(25)32(45)42-16-23(34)17-42)12-29(39-28)40-30(43)27-10-20(15-41(4)31(27)44)14-37-19(3)21-6-5-7-21/h8-13,15,18-19,21,23,33,37H,5-7,14,16-17H2,1-4H3,(H2,38,39,40,43)/t19-/m0/s1. The number of ether oxygens (including phenoxy) is 1. The molecule has 1 aliphatic heterocycles. The Bertz CT molecular complexity index is 1650. The first-order chi connectivity index (χ1) is 21.9. The lowest BCUT2D eigenvalue weighted by Crippen LogP contribution is -2.51. The molecule has 2 aliphatic rings. The Balaban J connectivity index is 1.47. The summed E-state index contributed by atoms with van der Waals surface area (Å²) < 4.78 is 45.5. The van der Waals surface area contributed by atoms with E-state index in [0.717, 1.165) is 5.56 Å². The van der Waals surface area contributed by atoms with Crippen molar-refractivity contribution in [3.8, 4) is 16.9 Å². The number of benzene rings is 1. The maximum Gasteiger partial charge on any atom is 0.387 e. The van der Waals surface area contributed by atoms with Crippen LogP contribution in [0.25, 0.3) is 11.1 Å². The fraction of sp³-hybridized carbons (Fsp3) is 0.455. The molecule has 2 aromatic heterocycles. The fourth-order valence-corrected chi connectivity index (χ4v) is 5.62. The highest BCUT2D eigenvalue weighted by atomic mass is 19.3. The molecule has 46 heavy (non-hydrogen) atoms. The molecular weight excluding hydrogens is 601 g/mol. The van der Waals surface area contributed by atoms with Crippen LogP contribution >= 0.6 is 0 Å². The zero-order valence-corrected chi connectivity index (χ0v) is 26.3. The largest absolute Gasteiger partial charge is 0.435 e. The average Bonchev–Trinajstić information content (AvgIpc) is 2.93. The number of alkyl halides is 3. The molecule has 3 N–H and O–H groups in total. The van der Waals surface area contributed by atoms with Crippen molar-refractivity contribution in [2.45, 2.75) is 71.4 Å². The first-order valence-corrected chi connectivity index (χ1v) is 15.4. The summed E-state index contributed by atoms with van der Waals surface area (Å²) in [5.41, 5.74) is 1.02. The van der Waals surface area contributed by atoms with Crippen LogP contribution in [0.3, 0.4) is 0 Å². The molecule has 5 rings (SSSR count). The minimum atomic E-state index is -3.11. The maximum atomic E-state index is 13.6. The van der Waals surface area contributed by atoms with E-state index in [0.29, 0.717) is 35.4 Å². The van der Waals surface area contributed by atoms with E-state index in [1.165, 1.54) is 53.0 Å². The van der Waals surface area contributed by atoms with E-state index in [4.69, 9.17) is 0 Å². The van der Waals surface area contributed by atoms with Gasteiger partial charge in [0.1, 0.15) is 29.1 Å². The third-order valence-corrected chi connectivity index (χ3v) is 8.35. The molecule has 1 saturated carbocycles. The summed E-state index contributed by atoms with van der Waals surface area (Å²) in [6.07, 6.45) is 4.15. The van der Waals surface area contributed by atoms with Crippen molar-refractivity contribution in [3.63, 3.8) is 0 Å². The molecule has 2 fully saturated rings. The number of aromatic nitrogens is 2. The highest BCUT2D eigenvalue weighted by Gasteiger charge is 2.33. The second-order valence-corrected chi connectivity index (χ2v) is 12.3. The zero-order chi connectivity index (χ0) is 33.1. The van der Waals surface area contributed by atoms with Crippen LogP contribution in [0.15, 0.2) is 47.4 Å². The monoisotopic (exact) mass is 640 g/mol. The number of carbonyl (C=O) groups is 2. The van der Waals surface area contributed by atoms with E-state index in [-0.39, 0.29) is 41.8 Å². The number of likely N-dealkylation sites (tertiary alicyclic amines) is 1. The van der Waals surface area contributed by atoms with Crippen molar-refractivity contribution >= 4 is 23.5 Å². The molecular formula is C33H39F3N6O4. The molecule has 1 aromatic carbocycles. The normalized spacial score (nSPS) is 15.8. The van der Waals surface area contributed by atoms with Crippen molar-refractivity contribution in [3.05, 3.63) is 69.6 Å². The van der Waals surface area contributed by atoms with Gasteiger partial charge in [0.15, 0.2) is 0 Å². The van der Waals surface area contributed by atoms with Crippen LogP contribution in [-0.2, 0) is 13.6 Å². The molecule has 1 saturated heterocycles. The van der Waals surface area contributed by atoms with Gasteiger partial charge in [-0.1, -0.05) is 6.42 Å². The number of nitrogens with one attached hydrogen (secondary N) is 3. The first kappa shape index (κ1) is 33.0. The second kappa shape index (κ2) is 13.9. The Labute approximate surface area is 265 Å². The van der Waals surface area contributed by atoms with Crippen molar-refractivity contribution < 1.29 is 27.5 Å². The molecule has 0 unspecified atom stereocenters. The van der Waals surface area contributed by atoms with Crippen LogP contribution in [0, 0.1) is 5.92 Å². The van der Waals surface area contributed by atoms with Crippen LogP contribution in [0.5, 0.6) is 5.75 Å². The summed E-state index contributed by atoms with van der Waals surface area (Å²) in [6.45, 7) is 3.09. The van der Waals surface area contributed by atoms with E-state index in [1.54, 1.807) is 25.4 Å². The van der Waals surface area contributed by atoms with Gasteiger partial charge in [0.25, 0.3) is 17.4 Å². The van der Waals surface area contributed by atoms with Gasteiger partial charge >= 0.3 is 6.61 Å². The second-order valence-electron chi connectivity index (χ2n) is 12.3. The summed E-state index contributed by atoms with van der Waals surface area (Å²) in [5.74, 6) is -0.370. The molecule has 2 amide bonds. The number of halogens is 3. The van der Waals surface area contributed by atoms with Gasteiger partial charge in [0.2, 0.25) is 0 Å². The Morgan fingerprint density at radius 2 is 1.76 bits per heavy atom. The van der Waals surface area contributed by atoms with Gasteiger partial charge in [0, 0.05) is 31.9 Å². The molecule has 1 atom stereocenters. The quantitative estimate of drug-likeness (QED) is 0.249. The number of nitrogens with zero attached hydrogens (tertiary/aromatic N) is 3. The molecule has 0 spiro atoms. The van der Waals surface area contributed by atoms with Crippen LogP contribution in [0.1, 0.15) is 66.3 Å². The topological polar surface area (TPSA) is 118 Å². The molecule has 3 aromatic rings. The van der Waals surface area contributed by atoms with Gasteiger partial charge < -0.3 is 30.2 Å². The molecule has 0 bridgehead atoms. The average molecular weight is 641 g/mol. The lowest BCUT2D eigenvalue weighted by molar-refractivity contribution is -0.0499. The van der Waals surface area contributed by atoms with Gasteiger partial charge in [-0.25, -0.2) is 9.37 Å². The van der Waals surface area contributed by atoms with Gasteiger partial charge in [-0.05, 0) is 92.6 Å². The summed E-state index contributed by atoms with van der Waals surface area (Å²) in [4.78, 5) is 45.7. The van der Waals surface area contributed by atoms with E-state index < -0.39 is 30.2 Å². The number of carbonyl (C=O) groups excluding carboxylic acids is 2. The summed E-state index contributed by atoms with van der Waals surface area (Å²) >= 11 is 0. The number of hydrogen-bond donors (Lipinski definition) is 3. The van der Waals surface area contributed by atoms with Crippen LogP contribution in [0.4, 0.5) is 24.8 Å². The Kier molecular flexibility index (Phi) is 10.00. The van der Waals surface area contributed by atoms with Crippen molar-refractivity contribution in [1.29, 1.82) is 0 Å². The van der Waals surface area contributed by atoms with E-state index in [9.17, 15) is 27.6 Å². The minimum absolute atomic E-state index is 0.0224. The maximum absolute atomic E-state index is 13.6. The zero-order valence-electron chi connectivity index (χ0n) is 26.3. The van der Waals surface area contributed by atoms with Crippen LogP contribution < -0.4 is 26.2 Å². The van der Waals surface area contributed by atoms with Crippen LogP contribution in [0.2, 0.25) is 0 Å². The summed E-state index contributed by atoms with van der Waals surface area (Å²) in [7, 11) is 1.59.